The second kappa shape index (κ2) is 16.7. The fourth-order valence-corrected chi connectivity index (χ4v) is 6.62. The zero-order valence-corrected chi connectivity index (χ0v) is 32.0. The molecule has 0 saturated carbocycles. The Labute approximate surface area is 330 Å². The average Bonchev–Trinajstić information content (AvgIpc) is 3.60. The van der Waals surface area contributed by atoms with Gasteiger partial charge < -0.3 is 26.3 Å². The van der Waals surface area contributed by atoms with Crippen molar-refractivity contribution < 1.29 is 14.5 Å². The van der Waals surface area contributed by atoms with Crippen LogP contribution >= 0.6 is 34.8 Å². The Morgan fingerprint density at radius 2 is 1.55 bits per heavy atom. The molecule has 0 aliphatic carbocycles. The quantitative estimate of drug-likeness (QED) is 0.0905. The summed E-state index contributed by atoms with van der Waals surface area (Å²) in [6, 6.07) is 22.3. The summed E-state index contributed by atoms with van der Waals surface area (Å²) in [5.74, 6) is -0.164. The van der Waals surface area contributed by atoms with Crippen LogP contribution in [0.1, 0.15) is 34.6 Å². The number of nitrogens with one attached hydrogen (secondary N) is 3. The minimum Gasteiger partial charge on any atom is -0.396 e. The Bertz CT molecular complexity index is 2360. The highest BCUT2D eigenvalue weighted by atomic mass is 35.5. The summed E-state index contributed by atoms with van der Waals surface area (Å²) in [5, 5.41) is 17.1. The number of nitrogen functional groups attached to an aromatic ring is 1. The van der Waals surface area contributed by atoms with Gasteiger partial charge in [0.25, 0.3) is 17.5 Å². The van der Waals surface area contributed by atoms with Gasteiger partial charge in [0.05, 0.1) is 42.3 Å². The lowest BCUT2D eigenvalue weighted by molar-refractivity contribution is -0.384. The molecular formula is C38H35Cl3N10O4. The molecule has 282 valence electrons. The number of halogens is 3. The minimum atomic E-state index is -0.621. The molecule has 4 heterocycles. The predicted octanol–water partition coefficient (Wildman–Crippen LogP) is 8.19. The number of hydrogen-bond acceptors (Lipinski definition) is 10. The number of rotatable bonds is 7. The first-order valence-electron chi connectivity index (χ1n) is 16.9. The average molecular weight is 802 g/mol. The molecule has 1 saturated heterocycles. The number of imidazole rings is 1. The Morgan fingerprint density at radius 1 is 0.855 bits per heavy atom. The van der Waals surface area contributed by atoms with Crippen molar-refractivity contribution in [2.45, 2.75) is 25.9 Å². The van der Waals surface area contributed by atoms with Crippen LogP contribution in [0.25, 0.3) is 22.6 Å². The van der Waals surface area contributed by atoms with Crippen LogP contribution in [-0.2, 0) is 0 Å². The van der Waals surface area contributed by atoms with Crippen LogP contribution in [0.15, 0.2) is 91.3 Å². The van der Waals surface area contributed by atoms with Crippen LogP contribution in [-0.4, -0.2) is 73.8 Å². The number of carbonyl (C=O) groups excluding carboxylic acids is 2. The third kappa shape index (κ3) is 8.95. The molecule has 0 radical (unpaired) electrons. The van der Waals surface area contributed by atoms with Crippen molar-refractivity contribution in [3.05, 3.63) is 128 Å². The Morgan fingerprint density at radius 3 is 2.24 bits per heavy atom. The number of non-ortho nitro benzene ring substituents is 1. The van der Waals surface area contributed by atoms with E-state index in [1.807, 2.05) is 24.3 Å². The van der Waals surface area contributed by atoms with Crippen molar-refractivity contribution in [1.82, 2.24) is 24.8 Å². The number of piperazine rings is 1. The molecule has 55 heavy (non-hydrogen) atoms. The summed E-state index contributed by atoms with van der Waals surface area (Å²) < 4.78 is 0. The van der Waals surface area contributed by atoms with Crippen LogP contribution in [0.5, 0.6) is 0 Å². The van der Waals surface area contributed by atoms with E-state index in [0.29, 0.717) is 50.4 Å². The molecule has 1 fully saturated rings. The van der Waals surface area contributed by atoms with E-state index in [1.165, 1.54) is 18.3 Å². The van der Waals surface area contributed by atoms with Crippen molar-refractivity contribution in [2.75, 3.05) is 41.4 Å². The highest BCUT2D eigenvalue weighted by Crippen LogP contribution is 2.32. The van der Waals surface area contributed by atoms with Crippen molar-refractivity contribution >= 4 is 86.3 Å². The van der Waals surface area contributed by atoms with Gasteiger partial charge in [-0.3, -0.25) is 24.6 Å². The molecule has 1 aliphatic heterocycles. The van der Waals surface area contributed by atoms with Crippen molar-refractivity contribution in [2.24, 2.45) is 0 Å². The number of nitro groups is 1. The molecule has 6 aromatic rings. The highest BCUT2D eigenvalue weighted by molar-refractivity contribution is 6.35. The Kier molecular flexibility index (Phi) is 11.8. The topological polar surface area (TPSA) is 188 Å². The summed E-state index contributed by atoms with van der Waals surface area (Å²) >= 11 is 18.9. The number of benzene rings is 3. The van der Waals surface area contributed by atoms with Crippen LogP contribution in [0.2, 0.25) is 15.1 Å². The zero-order valence-electron chi connectivity index (χ0n) is 29.8. The van der Waals surface area contributed by atoms with Gasteiger partial charge >= 0.3 is 0 Å². The van der Waals surface area contributed by atoms with E-state index in [0.717, 1.165) is 30.4 Å². The number of nitro benzene ring substituents is 1. The predicted molar refractivity (Wildman–Crippen MR) is 217 cm³/mol. The maximum absolute atomic E-state index is 13.1. The number of aromatic amines is 1. The number of likely N-dealkylation sites (N-methyl/N-ethyl adjacent to an activating group) is 1. The largest absolute Gasteiger partial charge is 0.396 e. The van der Waals surface area contributed by atoms with Crippen molar-refractivity contribution in [1.29, 1.82) is 0 Å². The van der Waals surface area contributed by atoms with Crippen molar-refractivity contribution in [3.8, 4) is 11.4 Å². The van der Waals surface area contributed by atoms with Crippen molar-refractivity contribution in [3.63, 3.8) is 0 Å². The van der Waals surface area contributed by atoms with Crippen LogP contribution < -0.4 is 21.3 Å². The number of nitrogens with zero attached hydrogens (tertiary/aromatic N) is 6. The number of pyridine rings is 2. The molecule has 3 aromatic heterocycles. The fraction of sp³-hybridized carbons (Fsp3) is 0.184. The number of nitrogens with two attached hydrogens (primary N) is 1. The van der Waals surface area contributed by atoms with E-state index in [4.69, 9.17) is 40.5 Å². The van der Waals surface area contributed by atoms with E-state index < -0.39 is 10.8 Å². The summed E-state index contributed by atoms with van der Waals surface area (Å²) in [6.45, 7) is 6.25. The number of aromatic nitrogens is 4. The molecule has 3 aromatic carbocycles. The number of fused-ring (bicyclic) bond motifs is 1. The highest BCUT2D eigenvalue weighted by Gasteiger charge is 2.27. The number of H-pyrrole nitrogens is 1. The first kappa shape index (κ1) is 38.9. The number of carbonyl (C=O) groups is 2. The van der Waals surface area contributed by atoms with Gasteiger partial charge in [0.15, 0.2) is 11.5 Å². The molecule has 14 nitrogen and oxygen atoms in total. The zero-order chi connectivity index (χ0) is 39.4. The monoisotopic (exact) mass is 800 g/mol. The number of hydrogen-bond donors (Lipinski definition) is 4. The molecule has 1 aliphatic rings. The summed E-state index contributed by atoms with van der Waals surface area (Å²) in [4.78, 5) is 55.8. The molecule has 5 N–H and O–H groups in total. The molecule has 2 amide bonds. The van der Waals surface area contributed by atoms with Crippen LogP contribution in [0.4, 0.5) is 28.6 Å². The third-order valence-electron chi connectivity index (χ3n) is 9.14. The normalized spacial score (nSPS) is 15.6. The summed E-state index contributed by atoms with van der Waals surface area (Å²) in [6.07, 6.45) is 3.14. The number of anilines is 4. The van der Waals surface area contributed by atoms with E-state index in [2.05, 4.69) is 61.3 Å². The lowest BCUT2D eigenvalue weighted by Gasteiger charge is -2.43. The van der Waals surface area contributed by atoms with E-state index in [-0.39, 0.29) is 33.7 Å². The molecule has 7 rings (SSSR count). The Hall–Kier alpha value is -5.80. The van der Waals surface area contributed by atoms with Gasteiger partial charge in [0, 0.05) is 66.6 Å². The van der Waals surface area contributed by atoms with E-state index in [9.17, 15) is 19.7 Å². The smallest absolute Gasteiger partial charge is 0.270 e. The molecule has 17 heteroatoms. The van der Waals surface area contributed by atoms with Crippen LogP contribution in [0.3, 0.4) is 0 Å². The molecular weight excluding hydrogens is 767 g/mol. The Balaban J connectivity index is 0.000000219. The minimum absolute atomic E-state index is 0.0223. The standard InChI is InChI=1S/C26H26Cl2N6O.C12H9ClN4O3/c1-15-13-34(14-16(2)33(15)3)18-7-8-19(22(28)12-18)26(35)30-17-6-9-21(27)20(11-17)24-31-23-5-4-10-29-25(23)32-24;13-9-4-3-7(17(19)20)6-8(9)12(18)16-11-10(14)2-1-5-15-11/h4-12,15-16H,13-14H2,1-3H3,(H,30,35)(H,29,31,32);1-6H,14H2,(H,15,16,18)/t15-,16+;. The second-order valence-corrected chi connectivity index (χ2v) is 14.1. The molecule has 0 unspecified atom stereocenters. The van der Waals surface area contributed by atoms with Gasteiger partial charge in [-0.1, -0.05) is 34.8 Å². The van der Waals surface area contributed by atoms with Gasteiger partial charge in [-0.15, -0.1) is 0 Å². The van der Waals surface area contributed by atoms with Crippen LogP contribution in [0, 0.1) is 10.1 Å². The third-order valence-corrected chi connectivity index (χ3v) is 10.1. The van der Waals surface area contributed by atoms with E-state index >= 15 is 0 Å². The summed E-state index contributed by atoms with van der Waals surface area (Å²) in [7, 11) is 2.15. The van der Waals surface area contributed by atoms with Gasteiger partial charge in [0.2, 0.25) is 0 Å². The van der Waals surface area contributed by atoms with Gasteiger partial charge in [-0.05, 0) is 87.6 Å². The lowest BCUT2D eigenvalue weighted by atomic mass is 10.1. The SMILES string of the molecule is C[C@@H]1CN(c2ccc(C(=O)Nc3ccc(Cl)c(-c4nc5ncccc5[nH]4)c3)c(Cl)c2)C[C@H](C)N1C.Nc1cccnc1NC(=O)c1cc([N+](=O)[O-])ccc1Cl. The number of amides is 2. The fourth-order valence-electron chi connectivity index (χ4n) is 5.95. The lowest BCUT2D eigenvalue weighted by Crippen LogP contribution is -2.55. The summed E-state index contributed by atoms with van der Waals surface area (Å²) in [5.41, 5.74) is 9.77. The maximum Gasteiger partial charge on any atom is 0.270 e. The molecule has 0 spiro atoms. The first-order chi connectivity index (χ1) is 26.3. The molecule has 0 bridgehead atoms. The first-order valence-corrected chi connectivity index (χ1v) is 18.1. The van der Waals surface area contributed by atoms with Gasteiger partial charge in [0.1, 0.15) is 5.82 Å². The van der Waals surface area contributed by atoms with Gasteiger partial charge in [-0.2, -0.15) is 0 Å². The van der Waals surface area contributed by atoms with E-state index in [1.54, 1.807) is 42.6 Å². The maximum atomic E-state index is 13.1. The molecule has 2 atom stereocenters. The second-order valence-electron chi connectivity index (χ2n) is 12.9. The van der Waals surface area contributed by atoms with Gasteiger partial charge in [-0.25, -0.2) is 15.0 Å².